The van der Waals surface area contributed by atoms with E-state index in [0.29, 0.717) is 5.02 Å². The first-order valence-corrected chi connectivity index (χ1v) is 8.47. The van der Waals surface area contributed by atoms with E-state index in [0.717, 1.165) is 23.2 Å². The van der Waals surface area contributed by atoms with E-state index in [4.69, 9.17) is 17.4 Å². The number of hydrazine groups is 1. The Hall–Kier alpha value is -0.230. The van der Waals surface area contributed by atoms with Crippen LogP contribution in [-0.2, 0) is 6.54 Å². The van der Waals surface area contributed by atoms with Gasteiger partial charge in [-0.2, -0.15) is 16.9 Å². The highest BCUT2D eigenvalue weighted by molar-refractivity contribution is 7.99. The van der Waals surface area contributed by atoms with Crippen molar-refractivity contribution in [3.8, 4) is 0 Å². The van der Waals surface area contributed by atoms with Gasteiger partial charge in [-0.15, -0.1) is 0 Å². The number of nitrogens with two attached hydrogens (primary N) is 1. The molecule has 19 heavy (non-hydrogen) atoms. The molecule has 6 heteroatoms. The van der Waals surface area contributed by atoms with Crippen molar-refractivity contribution in [2.24, 2.45) is 5.84 Å². The van der Waals surface area contributed by atoms with Gasteiger partial charge in [-0.3, -0.25) is 16.0 Å². The topological polar surface area (TPSA) is 55.9 Å². The summed E-state index contributed by atoms with van der Waals surface area (Å²) in [4.78, 5) is 0. The van der Waals surface area contributed by atoms with Crippen LogP contribution < -0.4 is 11.3 Å². The Morgan fingerprint density at radius 2 is 2.26 bits per heavy atom. The number of hydrogen-bond donors (Lipinski definition) is 2. The molecule has 1 aliphatic rings. The molecule has 0 radical (unpaired) electrons. The molecule has 1 heterocycles. The third-order valence-electron chi connectivity index (χ3n) is 3.71. The highest BCUT2D eigenvalue weighted by Crippen LogP contribution is 2.32. The lowest BCUT2D eigenvalue weighted by Gasteiger charge is -2.24. The molecule has 1 atom stereocenters. The second kappa shape index (κ2) is 7.53. The van der Waals surface area contributed by atoms with Gasteiger partial charge < -0.3 is 0 Å². The normalized spacial score (nSPS) is 18.7. The number of thioether (sulfide) groups is 1. The quantitative estimate of drug-likeness (QED) is 0.626. The van der Waals surface area contributed by atoms with Gasteiger partial charge in [-0.05, 0) is 19.8 Å². The molecule has 0 aliphatic heterocycles. The maximum absolute atomic E-state index is 6.23. The molecule has 0 bridgehead atoms. The average Bonchev–Trinajstić information content (AvgIpc) is 2.82. The predicted molar refractivity (Wildman–Crippen MR) is 82.3 cm³/mol. The molecule has 1 aromatic rings. The molecule has 0 aromatic carbocycles. The standard InChI is InChI=1S/C13H23ClN4S/c1-2-18-13(11(14)8-16-18)12(17-15)9-19-10-6-4-3-5-7-10/h8,10,12,17H,2-7,9,15H2,1H3. The lowest BCUT2D eigenvalue weighted by atomic mass is 10.0. The number of nitrogens with zero attached hydrogens (tertiary/aromatic N) is 2. The summed E-state index contributed by atoms with van der Waals surface area (Å²) in [6.45, 7) is 2.88. The Bertz CT molecular complexity index is 390. The summed E-state index contributed by atoms with van der Waals surface area (Å²) in [5.74, 6) is 6.66. The minimum atomic E-state index is 0.0712. The molecule has 108 valence electrons. The fraction of sp³-hybridized carbons (Fsp3) is 0.769. The van der Waals surface area contributed by atoms with Crippen LogP contribution in [0.15, 0.2) is 6.20 Å². The second-order valence-electron chi connectivity index (χ2n) is 5.01. The summed E-state index contributed by atoms with van der Waals surface area (Å²) in [5.41, 5.74) is 3.90. The largest absolute Gasteiger partial charge is 0.271 e. The van der Waals surface area contributed by atoms with Crippen molar-refractivity contribution in [3.63, 3.8) is 0 Å². The molecule has 1 aliphatic carbocycles. The van der Waals surface area contributed by atoms with Gasteiger partial charge in [-0.25, -0.2) is 0 Å². The zero-order valence-corrected chi connectivity index (χ0v) is 13.0. The van der Waals surface area contributed by atoms with Gasteiger partial charge in [0.25, 0.3) is 0 Å². The Labute approximate surface area is 124 Å². The number of halogens is 1. The molecule has 1 fully saturated rings. The van der Waals surface area contributed by atoms with Crippen molar-refractivity contribution < 1.29 is 0 Å². The summed E-state index contributed by atoms with van der Waals surface area (Å²) in [7, 11) is 0. The molecule has 0 amide bonds. The van der Waals surface area contributed by atoms with Crippen molar-refractivity contribution in [3.05, 3.63) is 16.9 Å². The number of aromatic nitrogens is 2. The minimum absolute atomic E-state index is 0.0712. The summed E-state index contributed by atoms with van der Waals surface area (Å²) in [6, 6.07) is 0.0712. The van der Waals surface area contributed by atoms with Gasteiger partial charge in [0.2, 0.25) is 0 Å². The Morgan fingerprint density at radius 1 is 1.53 bits per heavy atom. The van der Waals surface area contributed by atoms with E-state index in [1.54, 1.807) is 6.20 Å². The zero-order valence-electron chi connectivity index (χ0n) is 11.4. The van der Waals surface area contributed by atoms with E-state index >= 15 is 0 Å². The van der Waals surface area contributed by atoms with E-state index in [-0.39, 0.29) is 6.04 Å². The average molecular weight is 303 g/mol. The van der Waals surface area contributed by atoms with Crippen LogP contribution in [0.2, 0.25) is 5.02 Å². The van der Waals surface area contributed by atoms with Gasteiger partial charge in [0, 0.05) is 17.5 Å². The molecule has 0 saturated heterocycles. The van der Waals surface area contributed by atoms with E-state index in [9.17, 15) is 0 Å². The number of hydrogen-bond acceptors (Lipinski definition) is 4. The molecule has 2 rings (SSSR count). The van der Waals surface area contributed by atoms with E-state index in [1.807, 2.05) is 16.4 Å². The Balaban J connectivity index is 1.97. The van der Waals surface area contributed by atoms with Crippen LogP contribution in [0.1, 0.15) is 50.8 Å². The van der Waals surface area contributed by atoms with Gasteiger partial charge in [0.1, 0.15) is 0 Å². The fourth-order valence-corrected chi connectivity index (χ4v) is 4.30. The smallest absolute Gasteiger partial charge is 0.0834 e. The van der Waals surface area contributed by atoms with Crippen LogP contribution in [0.3, 0.4) is 0 Å². The van der Waals surface area contributed by atoms with Crippen molar-refractivity contribution in [2.45, 2.75) is 56.9 Å². The molecule has 0 spiro atoms. The minimum Gasteiger partial charge on any atom is -0.271 e. The summed E-state index contributed by atoms with van der Waals surface area (Å²) >= 11 is 8.24. The highest BCUT2D eigenvalue weighted by atomic mass is 35.5. The van der Waals surface area contributed by atoms with E-state index in [1.165, 1.54) is 32.1 Å². The van der Waals surface area contributed by atoms with Crippen molar-refractivity contribution >= 4 is 23.4 Å². The van der Waals surface area contributed by atoms with Gasteiger partial charge in [-0.1, -0.05) is 30.9 Å². The third kappa shape index (κ3) is 3.88. The fourth-order valence-electron chi connectivity index (χ4n) is 2.64. The third-order valence-corrected chi connectivity index (χ3v) is 5.47. The van der Waals surface area contributed by atoms with Crippen LogP contribution in [0.5, 0.6) is 0 Å². The molecule has 4 nitrogen and oxygen atoms in total. The molecule has 3 N–H and O–H groups in total. The summed E-state index contributed by atoms with van der Waals surface area (Å²) in [6.07, 6.45) is 8.50. The predicted octanol–water partition coefficient (Wildman–Crippen LogP) is 3.13. The maximum atomic E-state index is 6.23. The number of nitrogens with one attached hydrogen (secondary N) is 1. The molecular weight excluding hydrogens is 280 g/mol. The zero-order chi connectivity index (χ0) is 13.7. The Morgan fingerprint density at radius 3 is 2.89 bits per heavy atom. The second-order valence-corrected chi connectivity index (χ2v) is 6.75. The van der Waals surface area contributed by atoms with Crippen LogP contribution in [0.25, 0.3) is 0 Å². The molecule has 1 unspecified atom stereocenters. The molecular formula is C13H23ClN4S. The van der Waals surface area contributed by atoms with Gasteiger partial charge in [0.15, 0.2) is 0 Å². The van der Waals surface area contributed by atoms with Crippen molar-refractivity contribution in [2.75, 3.05) is 5.75 Å². The summed E-state index contributed by atoms with van der Waals surface area (Å²) in [5, 5.41) is 5.76. The highest BCUT2D eigenvalue weighted by Gasteiger charge is 2.21. The van der Waals surface area contributed by atoms with Crippen LogP contribution in [0.4, 0.5) is 0 Å². The lowest BCUT2D eigenvalue weighted by molar-refractivity contribution is 0.508. The van der Waals surface area contributed by atoms with Gasteiger partial charge in [0.05, 0.1) is 23.0 Å². The molecule has 1 saturated carbocycles. The first kappa shape index (κ1) is 15.2. The lowest BCUT2D eigenvalue weighted by Crippen LogP contribution is -2.32. The summed E-state index contributed by atoms with van der Waals surface area (Å²) < 4.78 is 1.92. The molecule has 1 aromatic heterocycles. The van der Waals surface area contributed by atoms with E-state index in [2.05, 4.69) is 17.4 Å². The van der Waals surface area contributed by atoms with E-state index < -0.39 is 0 Å². The number of aryl methyl sites for hydroxylation is 1. The maximum Gasteiger partial charge on any atom is 0.0834 e. The first-order chi connectivity index (χ1) is 9.26. The van der Waals surface area contributed by atoms with Crippen molar-refractivity contribution in [1.82, 2.24) is 15.2 Å². The SMILES string of the molecule is CCn1ncc(Cl)c1C(CSC1CCCCC1)NN. The number of rotatable bonds is 6. The van der Waals surface area contributed by atoms with Crippen molar-refractivity contribution in [1.29, 1.82) is 0 Å². The van der Waals surface area contributed by atoms with Gasteiger partial charge >= 0.3 is 0 Å². The monoisotopic (exact) mass is 302 g/mol. The van der Waals surface area contributed by atoms with Crippen LogP contribution >= 0.6 is 23.4 Å². The van der Waals surface area contributed by atoms with Crippen LogP contribution in [-0.4, -0.2) is 20.8 Å². The Kier molecular flexibility index (Phi) is 6.01. The first-order valence-electron chi connectivity index (χ1n) is 7.05. The van der Waals surface area contributed by atoms with Crippen LogP contribution in [0, 0.1) is 0 Å².